The second kappa shape index (κ2) is 4.93. The van der Waals surface area contributed by atoms with Crippen LogP contribution in [0.5, 0.6) is 0 Å². The molecule has 2 aliphatic heterocycles. The summed E-state index contributed by atoms with van der Waals surface area (Å²) in [4.78, 5) is 23.1. The highest BCUT2D eigenvalue weighted by atomic mass is 16.5. The molecule has 0 aromatic heterocycles. The number of carbonyl (C=O) groups excluding carboxylic acids is 2. The Balaban J connectivity index is 1.99. The first-order chi connectivity index (χ1) is 7.69. The third-order valence-corrected chi connectivity index (χ3v) is 3.12. The second-order valence-electron chi connectivity index (χ2n) is 4.46. The number of ketones is 1. The topological polar surface area (TPSA) is 67.4 Å². The van der Waals surface area contributed by atoms with Crippen LogP contribution in [0.15, 0.2) is 0 Å². The maximum atomic E-state index is 11.6. The first-order valence-corrected chi connectivity index (χ1v) is 5.86. The lowest BCUT2D eigenvalue weighted by Gasteiger charge is -2.26. The summed E-state index contributed by atoms with van der Waals surface area (Å²) in [5.41, 5.74) is 0. The molecule has 3 atom stereocenters. The molecule has 2 heterocycles. The van der Waals surface area contributed by atoms with Crippen LogP contribution in [0.4, 0.5) is 0 Å². The molecule has 0 aromatic rings. The summed E-state index contributed by atoms with van der Waals surface area (Å²) in [6.45, 7) is 2.86. The summed E-state index contributed by atoms with van der Waals surface area (Å²) < 4.78 is 5.00. The van der Waals surface area contributed by atoms with Gasteiger partial charge in [-0.2, -0.15) is 0 Å². The van der Waals surface area contributed by atoms with Crippen LogP contribution in [0.1, 0.15) is 26.2 Å². The molecule has 5 heteroatoms. The smallest absolute Gasteiger partial charge is 0.323 e. The average Bonchev–Trinajstić information content (AvgIpc) is 2.37. The fraction of sp³-hybridized carbons (Fsp3) is 0.818. The number of esters is 1. The second-order valence-corrected chi connectivity index (χ2v) is 4.46. The number of fused-ring (bicyclic) bond motifs is 2. The molecule has 0 radical (unpaired) electrons. The van der Waals surface area contributed by atoms with Crippen LogP contribution in [0.3, 0.4) is 0 Å². The first kappa shape index (κ1) is 11.5. The number of hydrogen-bond donors (Lipinski definition) is 2. The Bertz CT molecular complexity index is 293. The van der Waals surface area contributed by atoms with Gasteiger partial charge in [0.05, 0.1) is 6.61 Å². The van der Waals surface area contributed by atoms with Crippen molar-refractivity contribution in [1.82, 2.24) is 10.6 Å². The molecule has 0 saturated carbocycles. The molecular weight excluding hydrogens is 208 g/mol. The van der Waals surface area contributed by atoms with Crippen LogP contribution in [0.25, 0.3) is 0 Å². The quantitative estimate of drug-likeness (QED) is 0.627. The van der Waals surface area contributed by atoms with Gasteiger partial charge in [0.1, 0.15) is 11.8 Å². The largest absolute Gasteiger partial charge is 0.465 e. The third-order valence-electron chi connectivity index (χ3n) is 3.12. The maximum absolute atomic E-state index is 11.6. The highest BCUT2D eigenvalue weighted by molar-refractivity contribution is 5.81. The summed E-state index contributed by atoms with van der Waals surface area (Å²) in [5, 5.41) is 6.55. The van der Waals surface area contributed by atoms with Gasteiger partial charge in [-0.15, -0.1) is 0 Å². The zero-order valence-corrected chi connectivity index (χ0v) is 9.49. The molecule has 2 saturated heterocycles. The zero-order chi connectivity index (χ0) is 11.5. The van der Waals surface area contributed by atoms with E-state index in [2.05, 4.69) is 10.6 Å². The predicted octanol–water partition coefficient (Wildman–Crippen LogP) is -0.399. The summed E-state index contributed by atoms with van der Waals surface area (Å²) in [7, 11) is 0. The van der Waals surface area contributed by atoms with Crippen molar-refractivity contribution in [3.05, 3.63) is 0 Å². The van der Waals surface area contributed by atoms with Gasteiger partial charge in [-0.25, -0.2) is 0 Å². The van der Waals surface area contributed by atoms with Crippen molar-refractivity contribution in [1.29, 1.82) is 0 Å². The van der Waals surface area contributed by atoms with Crippen LogP contribution in [0.2, 0.25) is 0 Å². The molecule has 0 spiro atoms. The van der Waals surface area contributed by atoms with Gasteiger partial charge in [0.15, 0.2) is 0 Å². The molecular formula is C11H18N2O3. The molecule has 2 aliphatic rings. The Morgan fingerprint density at radius 3 is 2.94 bits per heavy atom. The standard InChI is InChI=1S/C11H18N2O3/c1-2-16-11(15)10-5-7-3-9(14)4-8(13-7)6-12-10/h7-8,10,12-13H,2-6H2,1H3. The molecule has 2 N–H and O–H groups in total. The van der Waals surface area contributed by atoms with Crippen LogP contribution in [-0.4, -0.2) is 43.0 Å². The van der Waals surface area contributed by atoms with Crippen LogP contribution >= 0.6 is 0 Å². The SMILES string of the molecule is CCOC(=O)C1CC2CC(=O)CC(CN1)N2. The van der Waals surface area contributed by atoms with E-state index in [4.69, 9.17) is 4.74 Å². The molecule has 2 bridgehead atoms. The lowest BCUT2D eigenvalue weighted by atomic mass is 9.95. The van der Waals surface area contributed by atoms with Gasteiger partial charge in [0, 0.05) is 31.5 Å². The minimum absolute atomic E-state index is 0.121. The molecule has 0 amide bonds. The maximum Gasteiger partial charge on any atom is 0.323 e. The highest BCUT2D eigenvalue weighted by Gasteiger charge is 2.34. The normalized spacial score (nSPS) is 34.3. The van der Waals surface area contributed by atoms with E-state index in [1.54, 1.807) is 6.92 Å². The molecule has 0 aromatic carbocycles. The Labute approximate surface area is 94.9 Å². The third kappa shape index (κ3) is 2.59. The molecule has 0 aliphatic carbocycles. The number of piperidine rings is 1. The first-order valence-electron chi connectivity index (χ1n) is 5.86. The Kier molecular flexibility index (Phi) is 3.56. The van der Waals surface area contributed by atoms with E-state index in [0.717, 1.165) is 0 Å². The van der Waals surface area contributed by atoms with Crippen molar-refractivity contribution < 1.29 is 14.3 Å². The van der Waals surface area contributed by atoms with Gasteiger partial charge < -0.3 is 15.4 Å². The van der Waals surface area contributed by atoms with Crippen molar-refractivity contribution in [2.24, 2.45) is 0 Å². The lowest BCUT2D eigenvalue weighted by molar-refractivity contribution is -0.146. The van der Waals surface area contributed by atoms with Crippen molar-refractivity contribution >= 4 is 11.8 Å². The van der Waals surface area contributed by atoms with E-state index in [1.807, 2.05) is 0 Å². The van der Waals surface area contributed by atoms with E-state index in [0.29, 0.717) is 38.2 Å². The Morgan fingerprint density at radius 1 is 1.44 bits per heavy atom. The van der Waals surface area contributed by atoms with Crippen LogP contribution < -0.4 is 10.6 Å². The fourth-order valence-electron chi connectivity index (χ4n) is 2.44. The van der Waals surface area contributed by atoms with Gasteiger partial charge in [0.2, 0.25) is 0 Å². The van der Waals surface area contributed by atoms with Gasteiger partial charge in [-0.1, -0.05) is 0 Å². The van der Waals surface area contributed by atoms with Crippen molar-refractivity contribution in [2.45, 2.75) is 44.3 Å². The minimum atomic E-state index is -0.270. The van der Waals surface area contributed by atoms with Crippen LogP contribution in [-0.2, 0) is 14.3 Å². The van der Waals surface area contributed by atoms with E-state index in [1.165, 1.54) is 0 Å². The van der Waals surface area contributed by atoms with E-state index in [9.17, 15) is 9.59 Å². The molecule has 2 fully saturated rings. The number of rotatable bonds is 2. The minimum Gasteiger partial charge on any atom is -0.465 e. The van der Waals surface area contributed by atoms with Gasteiger partial charge >= 0.3 is 5.97 Å². The summed E-state index contributed by atoms with van der Waals surface area (Å²) in [6, 6.07) is 0.0229. The monoisotopic (exact) mass is 226 g/mol. The molecule has 90 valence electrons. The van der Waals surface area contributed by atoms with E-state index >= 15 is 0 Å². The highest BCUT2D eigenvalue weighted by Crippen LogP contribution is 2.17. The Morgan fingerprint density at radius 2 is 2.19 bits per heavy atom. The molecule has 2 rings (SSSR count). The number of ether oxygens (including phenoxy) is 1. The summed E-state index contributed by atoms with van der Waals surface area (Å²) >= 11 is 0. The molecule has 16 heavy (non-hydrogen) atoms. The van der Waals surface area contributed by atoms with E-state index in [-0.39, 0.29) is 24.1 Å². The fourth-order valence-corrected chi connectivity index (χ4v) is 2.44. The van der Waals surface area contributed by atoms with Crippen molar-refractivity contribution in [3.8, 4) is 0 Å². The van der Waals surface area contributed by atoms with E-state index < -0.39 is 0 Å². The van der Waals surface area contributed by atoms with Gasteiger partial charge in [0.25, 0.3) is 0 Å². The Hall–Kier alpha value is -0.940. The average molecular weight is 226 g/mol. The van der Waals surface area contributed by atoms with Crippen molar-refractivity contribution in [2.75, 3.05) is 13.2 Å². The number of hydrogen-bond acceptors (Lipinski definition) is 5. The summed E-state index contributed by atoms with van der Waals surface area (Å²) in [6.07, 6.45) is 1.74. The number of nitrogens with one attached hydrogen (secondary N) is 2. The number of Topliss-reactive ketones (excluding diaryl/α,β-unsaturated/α-hetero) is 1. The number of carbonyl (C=O) groups is 2. The lowest BCUT2D eigenvalue weighted by Crippen LogP contribution is -2.46. The van der Waals surface area contributed by atoms with Gasteiger partial charge in [-0.05, 0) is 13.3 Å². The predicted molar refractivity (Wildman–Crippen MR) is 58.0 cm³/mol. The zero-order valence-electron chi connectivity index (χ0n) is 9.49. The molecule has 3 unspecified atom stereocenters. The summed E-state index contributed by atoms with van der Waals surface area (Å²) in [5.74, 6) is 0.0874. The molecule has 5 nitrogen and oxygen atoms in total. The van der Waals surface area contributed by atoms with Crippen LogP contribution in [0, 0.1) is 0 Å². The van der Waals surface area contributed by atoms with Crippen molar-refractivity contribution in [3.63, 3.8) is 0 Å². The van der Waals surface area contributed by atoms with Gasteiger partial charge in [-0.3, -0.25) is 9.59 Å².